The summed E-state index contributed by atoms with van der Waals surface area (Å²) in [6.45, 7) is 2.19. The van der Waals surface area contributed by atoms with Gasteiger partial charge >= 0.3 is 0 Å². The molecule has 0 fully saturated rings. The number of hydrogen-bond donors (Lipinski definition) is 1. The minimum atomic E-state index is -0.860. The van der Waals surface area contributed by atoms with Gasteiger partial charge in [0.25, 0.3) is 0 Å². The zero-order chi connectivity index (χ0) is 12.3. The zero-order valence-electron chi connectivity index (χ0n) is 9.55. The van der Waals surface area contributed by atoms with Crippen molar-refractivity contribution in [1.82, 2.24) is 14.8 Å². The third kappa shape index (κ3) is 4.13. The van der Waals surface area contributed by atoms with E-state index in [2.05, 4.69) is 10.1 Å². The van der Waals surface area contributed by atoms with E-state index in [-0.39, 0.29) is 7.43 Å². The van der Waals surface area contributed by atoms with Gasteiger partial charge in [0.15, 0.2) is 0 Å². The first kappa shape index (κ1) is 14.7. The number of benzene rings is 1. The lowest BCUT2D eigenvalue weighted by molar-refractivity contribution is 0.0385. The minimum absolute atomic E-state index is 0. The maximum absolute atomic E-state index is 10.3. The first-order valence-electron chi connectivity index (χ1n) is 5.34. The van der Waals surface area contributed by atoms with Crippen LogP contribution in [0.3, 0.4) is 0 Å². The Kier molecular flexibility index (Phi) is 4.87. The molecule has 0 amide bonds. The lowest BCUT2D eigenvalue weighted by Gasteiger charge is -2.23. The predicted octanol–water partition coefficient (Wildman–Crippen LogP) is 2.56. The van der Waals surface area contributed by atoms with E-state index in [1.807, 2.05) is 24.3 Å². The molecule has 0 aliphatic carbocycles. The second-order valence-corrected chi connectivity index (χ2v) is 4.83. The maximum Gasteiger partial charge on any atom is 0.137 e. The quantitative estimate of drug-likeness (QED) is 0.926. The Morgan fingerprint density at radius 3 is 2.56 bits per heavy atom. The van der Waals surface area contributed by atoms with E-state index in [9.17, 15) is 5.11 Å². The van der Waals surface area contributed by atoms with Gasteiger partial charge < -0.3 is 5.11 Å². The summed E-state index contributed by atoms with van der Waals surface area (Å²) in [5.41, 5.74) is 0.182. The lowest BCUT2D eigenvalue weighted by Crippen LogP contribution is -2.33. The van der Waals surface area contributed by atoms with Crippen LogP contribution in [0.15, 0.2) is 36.9 Å². The number of nitrogens with zero attached hydrogens (tertiary/aromatic N) is 3. The molecule has 0 bridgehead atoms. The summed E-state index contributed by atoms with van der Waals surface area (Å²) in [6, 6.07) is 7.47. The molecule has 0 saturated heterocycles. The van der Waals surface area contributed by atoms with Crippen LogP contribution in [0.4, 0.5) is 0 Å². The van der Waals surface area contributed by atoms with Gasteiger partial charge in [0.1, 0.15) is 12.7 Å². The smallest absolute Gasteiger partial charge is 0.137 e. The van der Waals surface area contributed by atoms with Crippen molar-refractivity contribution >= 4 is 11.6 Å². The average molecular weight is 268 g/mol. The van der Waals surface area contributed by atoms with E-state index >= 15 is 0 Å². The zero-order valence-corrected chi connectivity index (χ0v) is 10.3. The van der Waals surface area contributed by atoms with Gasteiger partial charge in [0.2, 0.25) is 0 Å². The molecule has 18 heavy (non-hydrogen) atoms. The molecule has 1 aromatic carbocycles. The third-order valence-corrected chi connectivity index (χ3v) is 2.72. The summed E-state index contributed by atoms with van der Waals surface area (Å²) in [4.78, 5) is 3.85. The molecule has 1 atom stereocenters. The van der Waals surface area contributed by atoms with Gasteiger partial charge in [0.05, 0.1) is 12.1 Å². The first-order chi connectivity index (χ1) is 8.05. The van der Waals surface area contributed by atoms with E-state index in [0.717, 1.165) is 5.56 Å². The highest BCUT2D eigenvalue weighted by molar-refractivity contribution is 6.30. The Hall–Kier alpha value is -1.39. The van der Waals surface area contributed by atoms with Gasteiger partial charge in [-0.3, -0.25) is 4.68 Å². The molecule has 2 aromatic rings. The number of hydrogen-bond acceptors (Lipinski definition) is 3. The van der Waals surface area contributed by atoms with Crippen LogP contribution in [-0.2, 0) is 13.0 Å². The summed E-state index contributed by atoms with van der Waals surface area (Å²) in [5.74, 6) is 0. The van der Waals surface area contributed by atoms with Gasteiger partial charge in [-0.15, -0.1) is 0 Å². The number of halogens is 1. The fourth-order valence-corrected chi connectivity index (χ4v) is 1.89. The Balaban J connectivity index is 0.00000162. The standard InChI is InChI=1S/C12H14ClN3O.CH4/c1-12(17,7-16-9-14-8-15-16)6-10-2-4-11(13)5-3-10;/h2-5,8-9,17H,6-7H2,1H3;1H4. The second kappa shape index (κ2) is 5.98. The lowest BCUT2D eigenvalue weighted by atomic mass is 9.97. The van der Waals surface area contributed by atoms with Crippen LogP contribution in [0.1, 0.15) is 19.9 Å². The molecule has 1 aromatic heterocycles. The minimum Gasteiger partial charge on any atom is -0.388 e. The molecule has 98 valence electrons. The molecular formula is C13H18ClN3O. The third-order valence-electron chi connectivity index (χ3n) is 2.47. The highest BCUT2D eigenvalue weighted by Gasteiger charge is 2.22. The second-order valence-electron chi connectivity index (χ2n) is 4.39. The van der Waals surface area contributed by atoms with E-state index < -0.39 is 5.60 Å². The molecule has 0 saturated carbocycles. The summed E-state index contributed by atoms with van der Waals surface area (Å²) >= 11 is 5.81. The van der Waals surface area contributed by atoms with Crippen LogP contribution in [-0.4, -0.2) is 25.5 Å². The van der Waals surface area contributed by atoms with Crippen molar-refractivity contribution in [3.63, 3.8) is 0 Å². The number of rotatable bonds is 4. The number of aromatic nitrogens is 3. The molecule has 1 heterocycles. The molecule has 0 aliphatic heterocycles. The summed E-state index contributed by atoms with van der Waals surface area (Å²) in [7, 11) is 0. The largest absolute Gasteiger partial charge is 0.388 e. The summed E-state index contributed by atoms with van der Waals surface area (Å²) in [6.07, 6.45) is 3.60. The molecule has 4 nitrogen and oxygen atoms in total. The van der Waals surface area contributed by atoms with Crippen molar-refractivity contribution in [1.29, 1.82) is 0 Å². The molecule has 5 heteroatoms. The molecule has 0 aliphatic rings. The van der Waals surface area contributed by atoms with E-state index in [0.29, 0.717) is 18.0 Å². The summed E-state index contributed by atoms with van der Waals surface area (Å²) < 4.78 is 1.62. The maximum atomic E-state index is 10.3. The molecule has 1 N–H and O–H groups in total. The normalized spacial score (nSPS) is 13.7. The fourth-order valence-electron chi connectivity index (χ4n) is 1.76. The predicted molar refractivity (Wildman–Crippen MR) is 72.5 cm³/mol. The van der Waals surface area contributed by atoms with Crippen LogP contribution >= 0.6 is 11.6 Å². The van der Waals surface area contributed by atoms with Gasteiger partial charge in [-0.25, -0.2) is 4.98 Å². The Morgan fingerprint density at radius 2 is 2.00 bits per heavy atom. The van der Waals surface area contributed by atoms with E-state index in [1.54, 1.807) is 17.9 Å². The topological polar surface area (TPSA) is 50.9 Å². The van der Waals surface area contributed by atoms with Gasteiger partial charge in [0, 0.05) is 11.4 Å². The SMILES string of the molecule is C.CC(O)(Cc1ccc(Cl)cc1)Cn1cncn1. The van der Waals surface area contributed by atoms with Crippen LogP contribution in [0, 0.1) is 0 Å². The van der Waals surface area contributed by atoms with Crippen molar-refractivity contribution in [2.75, 3.05) is 0 Å². The Morgan fingerprint density at radius 1 is 1.33 bits per heavy atom. The monoisotopic (exact) mass is 267 g/mol. The van der Waals surface area contributed by atoms with E-state index in [1.165, 1.54) is 6.33 Å². The van der Waals surface area contributed by atoms with E-state index in [4.69, 9.17) is 11.6 Å². The van der Waals surface area contributed by atoms with Crippen molar-refractivity contribution < 1.29 is 5.11 Å². The Bertz CT molecular complexity index is 465. The summed E-state index contributed by atoms with van der Waals surface area (Å²) in [5, 5.41) is 15.0. The molecule has 0 radical (unpaired) electrons. The van der Waals surface area contributed by atoms with Gasteiger partial charge in [-0.1, -0.05) is 31.2 Å². The highest BCUT2D eigenvalue weighted by atomic mass is 35.5. The van der Waals surface area contributed by atoms with Crippen LogP contribution < -0.4 is 0 Å². The fraction of sp³-hybridized carbons (Fsp3) is 0.385. The highest BCUT2D eigenvalue weighted by Crippen LogP contribution is 2.17. The molecule has 0 spiro atoms. The van der Waals surface area contributed by atoms with Crippen molar-refractivity contribution in [3.05, 3.63) is 47.5 Å². The average Bonchev–Trinajstić information content (AvgIpc) is 2.73. The van der Waals surface area contributed by atoms with Crippen LogP contribution in [0.5, 0.6) is 0 Å². The first-order valence-corrected chi connectivity index (χ1v) is 5.72. The van der Waals surface area contributed by atoms with Crippen LogP contribution in [0.2, 0.25) is 5.02 Å². The Labute approximate surface area is 112 Å². The molecule has 1 unspecified atom stereocenters. The van der Waals surface area contributed by atoms with Crippen molar-refractivity contribution in [3.8, 4) is 0 Å². The van der Waals surface area contributed by atoms with Gasteiger partial charge in [-0.2, -0.15) is 5.10 Å². The number of aliphatic hydroxyl groups is 1. The van der Waals surface area contributed by atoms with Crippen LogP contribution in [0.25, 0.3) is 0 Å². The molecular weight excluding hydrogens is 250 g/mol. The van der Waals surface area contributed by atoms with Gasteiger partial charge in [-0.05, 0) is 24.6 Å². The molecule has 2 rings (SSSR count). The van der Waals surface area contributed by atoms with Crippen molar-refractivity contribution in [2.24, 2.45) is 0 Å². The van der Waals surface area contributed by atoms with Crippen molar-refractivity contribution in [2.45, 2.75) is 32.9 Å².